The van der Waals surface area contributed by atoms with Crippen LogP contribution in [0.5, 0.6) is 0 Å². The maximum absolute atomic E-state index is 11.2. The highest BCUT2D eigenvalue weighted by Gasteiger charge is 2.16. The van der Waals surface area contributed by atoms with Crippen LogP contribution < -0.4 is 0 Å². The molecule has 0 atom stereocenters. The van der Waals surface area contributed by atoms with Gasteiger partial charge in [0.1, 0.15) is 0 Å². The molecule has 1 N–H and O–H groups in total. The lowest BCUT2D eigenvalue weighted by atomic mass is 10.2. The summed E-state index contributed by atoms with van der Waals surface area (Å²) in [6.45, 7) is 8.83. The monoisotopic (exact) mass is 258 g/mol. The van der Waals surface area contributed by atoms with E-state index in [0.29, 0.717) is 13.0 Å². The first kappa shape index (κ1) is 15.4. The van der Waals surface area contributed by atoms with E-state index >= 15 is 0 Å². The molecule has 18 heavy (non-hydrogen) atoms. The molecule has 0 unspecified atom stereocenters. The van der Waals surface area contributed by atoms with Crippen LogP contribution in [-0.2, 0) is 9.53 Å². The summed E-state index contributed by atoms with van der Waals surface area (Å²) in [6, 6.07) is 0. The van der Waals surface area contributed by atoms with Crippen LogP contribution in [0.1, 0.15) is 26.2 Å². The summed E-state index contributed by atoms with van der Waals surface area (Å²) in [6.07, 6.45) is 2.27. The summed E-state index contributed by atoms with van der Waals surface area (Å²) >= 11 is 0. The molecule has 1 rings (SSSR count). The van der Waals surface area contributed by atoms with Crippen molar-refractivity contribution in [1.82, 2.24) is 9.80 Å². The summed E-state index contributed by atoms with van der Waals surface area (Å²) in [5.41, 5.74) is 0. The number of hydrogen-bond acceptors (Lipinski definition) is 5. The predicted octanol–water partition coefficient (Wildman–Crippen LogP) is 0.330. The third-order valence-corrected chi connectivity index (χ3v) is 3.26. The number of aliphatic hydroxyl groups is 1. The molecule has 0 spiro atoms. The fourth-order valence-corrected chi connectivity index (χ4v) is 2.21. The summed E-state index contributed by atoms with van der Waals surface area (Å²) < 4.78 is 4.90. The molecule has 5 heteroatoms. The van der Waals surface area contributed by atoms with Crippen molar-refractivity contribution in [3.05, 3.63) is 0 Å². The van der Waals surface area contributed by atoms with Crippen LogP contribution in [-0.4, -0.2) is 73.4 Å². The van der Waals surface area contributed by atoms with Crippen LogP contribution >= 0.6 is 0 Å². The first-order valence-electron chi connectivity index (χ1n) is 6.97. The zero-order chi connectivity index (χ0) is 13.2. The van der Waals surface area contributed by atoms with Crippen molar-refractivity contribution < 1.29 is 14.6 Å². The second kappa shape index (κ2) is 9.30. The molecule has 0 radical (unpaired) electrons. The van der Waals surface area contributed by atoms with E-state index in [4.69, 9.17) is 9.84 Å². The van der Waals surface area contributed by atoms with Gasteiger partial charge in [-0.1, -0.05) is 0 Å². The minimum absolute atomic E-state index is 0.0842. The number of esters is 1. The number of hydrogen-bond donors (Lipinski definition) is 1. The van der Waals surface area contributed by atoms with Gasteiger partial charge in [0.2, 0.25) is 0 Å². The maximum atomic E-state index is 11.2. The van der Waals surface area contributed by atoms with Crippen LogP contribution in [0.3, 0.4) is 0 Å². The predicted molar refractivity (Wildman–Crippen MR) is 70.4 cm³/mol. The van der Waals surface area contributed by atoms with Crippen LogP contribution in [0, 0.1) is 0 Å². The second-order valence-electron chi connectivity index (χ2n) is 4.67. The van der Waals surface area contributed by atoms with Crippen LogP contribution in [0.2, 0.25) is 0 Å². The molecular formula is C13H26N2O3. The third-order valence-electron chi connectivity index (χ3n) is 3.26. The maximum Gasteiger partial charge on any atom is 0.305 e. The Hall–Kier alpha value is -0.650. The Morgan fingerprint density at radius 3 is 2.17 bits per heavy atom. The van der Waals surface area contributed by atoms with E-state index in [0.717, 1.165) is 52.1 Å². The lowest BCUT2D eigenvalue weighted by molar-refractivity contribution is -0.143. The number of piperazine rings is 1. The minimum Gasteiger partial charge on any atom is -0.466 e. The molecule has 1 aliphatic rings. The fraction of sp³-hybridized carbons (Fsp3) is 0.923. The molecule has 0 bridgehead atoms. The number of carbonyl (C=O) groups is 1. The molecule has 1 saturated heterocycles. The standard InChI is InChI=1S/C13H26N2O3/c1-2-18-13(17)5-3-6-14-8-10-15(11-9-14)7-4-12-16/h16H,2-12H2,1H3. The topological polar surface area (TPSA) is 53.0 Å². The van der Waals surface area contributed by atoms with E-state index in [-0.39, 0.29) is 12.6 Å². The Labute approximate surface area is 110 Å². The number of nitrogens with zero attached hydrogens (tertiary/aromatic N) is 2. The first-order chi connectivity index (χ1) is 8.76. The van der Waals surface area contributed by atoms with Gasteiger partial charge in [-0.05, 0) is 26.3 Å². The first-order valence-corrected chi connectivity index (χ1v) is 6.97. The van der Waals surface area contributed by atoms with Gasteiger partial charge in [0, 0.05) is 45.8 Å². The van der Waals surface area contributed by atoms with Crippen molar-refractivity contribution in [2.75, 3.05) is 52.5 Å². The average molecular weight is 258 g/mol. The molecule has 0 aromatic carbocycles. The largest absolute Gasteiger partial charge is 0.466 e. The Morgan fingerprint density at radius 2 is 1.67 bits per heavy atom. The highest BCUT2D eigenvalue weighted by molar-refractivity contribution is 5.69. The van der Waals surface area contributed by atoms with Crippen LogP contribution in [0.25, 0.3) is 0 Å². The highest BCUT2D eigenvalue weighted by Crippen LogP contribution is 2.04. The van der Waals surface area contributed by atoms with Crippen molar-refractivity contribution in [3.8, 4) is 0 Å². The normalized spacial score (nSPS) is 17.9. The van der Waals surface area contributed by atoms with Crippen molar-refractivity contribution in [2.45, 2.75) is 26.2 Å². The van der Waals surface area contributed by atoms with Gasteiger partial charge in [-0.2, -0.15) is 0 Å². The molecule has 1 aliphatic heterocycles. The van der Waals surface area contributed by atoms with Gasteiger partial charge >= 0.3 is 5.97 Å². The fourth-order valence-electron chi connectivity index (χ4n) is 2.21. The second-order valence-corrected chi connectivity index (χ2v) is 4.67. The van der Waals surface area contributed by atoms with Gasteiger partial charge in [-0.15, -0.1) is 0 Å². The molecule has 0 aromatic heterocycles. The number of ether oxygens (including phenoxy) is 1. The Balaban J connectivity index is 2.03. The van der Waals surface area contributed by atoms with Crippen LogP contribution in [0.4, 0.5) is 0 Å². The van der Waals surface area contributed by atoms with Gasteiger partial charge in [0.05, 0.1) is 6.61 Å². The molecule has 0 amide bonds. The Bertz CT molecular complexity index is 228. The molecule has 1 heterocycles. The minimum atomic E-state index is -0.0842. The van der Waals surface area contributed by atoms with Gasteiger partial charge in [-0.25, -0.2) is 0 Å². The van der Waals surface area contributed by atoms with E-state index in [2.05, 4.69) is 9.80 Å². The van der Waals surface area contributed by atoms with Gasteiger partial charge < -0.3 is 19.6 Å². The van der Waals surface area contributed by atoms with Crippen molar-refractivity contribution in [1.29, 1.82) is 0 Å². The SMILES string of the molecule is CCOC(=O)CCCN1CCN(CCCO)CC1. The van der Waals surface area contributed by atoms with E-state index in [1.165, 1.54) is 0 Å². The smallest absolute Gasteiger partial charge is 0.305 e. The Kier molecular flexibility index (Phi) is 7.96. The summed E-state index contributed by atoms with van der Waals surface area (Å²) in [4.78, 5) is 16.0. The van der Waals surface area contributed by atoms with Crippen molar-refractivity contribution in [3.63, 3.8) is 0 Å². The molecular weight excluding hydrogens is 232 g/mol. The quantitative estimate of drug-likeness (QED) is 0.636. The molecule has 0 aromatic rings. The van der Waals surface area contributed by atoms with Crippen molar-refractivity contribution in [2.24, 2.45) is 0 Å². The molecule has 106 valence electrons. The summed E-state index contributed by atoms with van der Waals surface area (Å²) in [5, 5.41) is 8.78. The lowest BCUT2D eigenvalue weighted by Crippen LogP contribution is -2.46. The zero-order valence-electron chi connectivity index (χ0n) is 11.4. The van der Waals surface area contributed by atoms with E-state index < -0.39 is 0 Å². The van der Waals surface area contributed by atoms with Gasteiger partial charge in [0.25, 0.3) is 0 Å². The van der Waals surface area contributed by atoms with Crippen LogP contribution in [0.15, 0.2) is 0 Å². The summed E-state index contributed by atoms with van der Waals surface area (Å²) in [7, 11) is 0. The zero-order valence-corrected chi connectivity index (χ0v) is 11.4. The van der Waals surface area contributed by atoms with E-state index in [9.17, 15) is 4.79 Å². The molecule has 0 saturated carbocycles. The van der Waals surface area contributed by atoms with Gasteiger partial charge in [-0.3, -0.25) is 4.79 Å². The average Bonchev–Trinajstić information content (AvgIpc) is 2.38. The number of aliphatic hydroxyl groups excluding tert-OH is 1. The molecule has 0 aliphatic carbocycles. The molecule has 1 fully saturated rings. The lowest BCUT2D eigenvalue weighted by Gasteiger charge is -2.34. The molecule has 5 nitrogen and oxygen atoms in total. The van der Waals surface area contributed by atoms with E-state index in [1.54, 1.807) is 0 Å². The van der Waals surface area contributed by atoms with E-state index in [1.807, 2.05) is 6.92 Å². The summed E-state index contributed by atoms with van der Waals surface area (Å²) in [5.74, 6) is -0.0842. The van der Waals surface area contributed by atoms with Gasteiger partial charge in [0.15, 0.2) is 0 Å². The third kappa shape index (κ3) is 6.33. The highest BCUT2D eigenvalue weighted by atomic mass is 16.5. The number of carbonyl (C=O) groups excluding carboxylic acids is 1. The number of rotatable bonds is 8. The Morgan fingerprint density at radius 1 is 1.11 bits per heavy atom. The van der Waals surface area contributed by atoms with Crippen molar-refractivity contribution >= 4 is 5.97 Å².